The van der Waals surface area contributed by atoms with E-state index >= 15 is 0 Å². The molecule has 1 aliphatic heterocycles. The summed E-state index contributed by atoms with van der Waals surface area (Å²) in [5, 5.41) is 1.83. The summed E-state index contributed by atoms with van der Waals surface area (Å²) in [6.07, 6.45) is 0. The van der Waals surface area contributed by atoms with Crippen LogP contribution in [0.4, 0.5) is 5.69 Å². The van der Waals surface area contributed by atoms with Crippen molar-refractivity contribution in [2.24, 2.45) is 0 Å². The first kappa shape index (κ1) is 18.1. The molecule has 1 N–H and O–H groups in total. The van der Waals surface area contributed by atoms with E-state index < -0.39 is 0 Å². The topological polar surface area (TPSA) is 37.9 Å². The van der Waals surface area contributed by atoms with E-state index in [9.17, 15) is 4.79 Å². The average molecular weight is 384 g/mol. The number of halogens is 1. The van der Waals surface area contributed by atoms with Gasteiger partial charge >= 0.3 is 5.63 Å². The van der Waals surface area contributed by atoms with Crippen LogP contribution in [0.25, 0.3) is 11.0 Å². The summed E-state index contributed by atoms with van der Waals surface area (Å²) in [4.78, 5) is 15.9. The van der Waals surface area contributed by atoms with Crippen molar-refractivity contribution in [3.63, 3.8) is 0 Å². The molecule has 140 valence electrons. The van der Waals surface area contributed by atoms with Crippen molar-refractivity contribution < 1.29 is 9.32 Å². The van der Waals surface area contributed by atoms with Crippen LogP contribution in [0, 0.1) is 13.8 Å². The highest BCUT2D eigenvalue weighted by atomic mass is 35.5. The van der Waals surface area contributed by atoms with Crippen LogP contribution < -0.4 is 15.4 Å². The maximum atomic E-state index is 12.1. The third-order valence-corrected chi connectivity index (χ3v) is 5.84. The number of fused-ring (bicyclic) bond motifs is 1. The summed E-state index contributed by atoms with van der Waals surface area (Å²) >= 11 is 6.12. The molecule has 0 aliphatic carbocycles. The Morgan fingerprint density at radius 3 is 2.63 bits per heavy atom. The minimum atomic E-state index is -0.261. The predicted molar refractivity (Wildman–Crippen MR) is 110 cm³/mol. The second-order valence-corrected chi connectivity index (χ2v) is 7.80. The van der Waals surface area contributed by atoms with Gasteiger partial charge in [-0.05, 0) is 43.2 Å². The molecule has 0 spiro atoms. The number of anilines is 1. The van der Waals surface area contributed by atoms with Crippen LogP contribution in [0.15, 0.2) is 51.7 Å². The van der Waals surface area contributed by atoms with Crippen molar-refractivity contribution in [3.05, 3.63) is 74.6 Å². The summed E-state index contributed by atoms with van der Waals surface area (Å²) in [5.41, 5.74) is 4.92. The molecule has 0 saturated carbocycles. The standard InChI is InChI=1S/C22H23ClN2O2/c1-15-6-7-20-17(12-21(26)27-22(20)16(15)2)14-24-8-10-25(11-9-24)19-5-3-4-18(23)13-19/h3-7,12-13H,8-11,14H2,1-2H3/p+1. The normalized spacial score (nSPS) is 15.4. The lowest BCUT2D eigenvalue weighted by Crippen LogP contribution is -3.13. The maximum Gasteiger partial charge on any atom is 0.336 e. The highest BCUT2D eigenvalue weighted by molar-refractivity contribution is 6.30. The van der Waals surface area contributed by atoms with E-state index in [1.165, 1.54) is 10.6 Å². The van der Waals surface area contributed by atoms with Crippen LogP contribution in [0.3, 0.4) is 0 Å². The molecule has 0 amide bonds. The SMILES string of the molecule is Cc1ccc2c(C[NH+]3CCN(c4cccc(Cl)c4)CC3)cc(=O)oc2c1C. The van der Waals surface area contributed by atoms with E-state index in [1.807, 2.05) is 32.0 Å². The van der Waals surface area contributed by atoms with Gasteiger partial charge in [0, 0.05) is 27.7 Å². The van der Waals surface area contributed by atoms with E-state index in [0.717, 1.165) is 65.4 Å². The molecule has 3 aromatic rings. The molecule has 1 aliphatic rings. The van der Waals surface area contributed by atoms with Gasteiger partial charge in [0.15, 0.2) is 0 Å². The Labute approximate surface area is 164 Å². The third kappa shape index (κ3) is 3.73. The first-order valence-corrected chi connectivity index (χ1v) is 9.76. The largest absolute Gasteiger partial charge is 0.422 e. The summed E-state index contributed by atoms with van der Waals surface area (Å²) in [5.74, 6) is 0. The Bertz CT molecular complexity index is 1040. The quantitative estimate of drug-likeness (QED) is 0.706. The number of rotatable bonds is 3. The Kier molecular flexibility index (Phi) is 4.94. The summed E-state index contributed by atoms with van der Waals surface area (Å²) in [7, 11) is 0. The Hall–Kier alpha value is -2.30. The van der Waals surface area contributed by atoms with Gasteiger partial charge in [0.05, 0.1) is 26.2 Å². The van der Waals surface area contributed by atoms with E-state index in [-0.39, 0.29) is 5.63 Å². The van der Waals surface area contributed by atoms with Gasteiger partial charge in [-0.2, -0.15) is 0 Å². The molecule has 0 bridgehead atoms. The van der Waals surface area contributed by atoms with Crippen LogP contribution in [0.1, 0.15) is 16.7 Å². The minimum absolute atomic E-state index is 0.261. The molecule has 1 saturated heterocycles. The van der Waals surface area contributed by atoms with E-state index in [2.05, 4.69) is 23.1 Å². The van der Waals surface area contributed by atoms with Crippen LogP contribution in [0.5, 0.6) is 0 Å². The number of aryl methyl sites for hydroxylation is 2. The van der Waals surface area contributed by atoms with E-state index in [4.69, 9.17) is 16.0 Å². The second-order valence-electron chi connectivity index (χ2n) is 7.37. The van der Waals surface area contributed by atoms with Crippen LogP contribution >= 0.6 is 11.6 Å². The molecule has 0 radical (unpaired) electrons. The summed E-state index contributed by atoms with van der Waals surface area (Å²) < 4.78 is 5.50. The lowest BCUT2D eigenvalue weighted by molar-refractivity contribution is -0.914. The molecular weight excluding hydrogens is 360 g/mol. The zero-order valence-corrected chi connectivity index (χ0v) is 16.5. The predicted octanol–water partition coefficient (Wildman–Crippen LogP) is 2.97. The van der Waals surface area contributed by atoms with Gasteiger partial charge in [-0.25, -0.2) is 4.79 Å². The lowest BCUT2D eigenvalue weighted by Gasteiger charge is -2.33. The van der Waals surface area contributed by atoms with Gasteiger partial charge in [-0.1, -0.05) is 29.8 Å². The number of quaternary nitrogens is 1. The fraction of sp³-hybridized carbons (Fsp3) is 0.318. The molecule has 1 aromatic heterocycles. The van der Waals surface area contributed by atoms with Crippen molar-refractivity contribution in [2.75, 3.05) is 31.1 Å². The number of hydrogen-bond donors (Lipinski definition) is 1. The van der Waals surface area contributed by atoms with Gasteiger partial charge in [0.1, 0.15) is 12.1 Å². The van der Waals surface area contributed by atoms with Crippen molar-refractivity contribution in [2.45, 2.75) is 20.4 Å². The van der Waals surface area contributed by atoms with Crippen molar-refractivity contribution >= 4 is 28.3 Å². The van der Waals surface area contributed by atoms with Gasteiger partial charge in [-0.3, -0.25) is 0 Å². The fourth-order valence-corrected chi connectivity index (χ4v) is 4.06. The van der Waals surface area contributed by atoms with Gasteiger partial charge in [0.2, 0.25) is 0 Å². The van der Waals surface area contributed by atoms with Crippen molar-refractivity contribution in [1.29, 1.82) is 0 Å². The Balaban J connectivity index is 1.53. The molecule has 2 aromatic carbocycles. The first-order valence-electron chi connectivity index (χ1n) is 9.38. The molecule has 0 atom stereocenters. The van der Waals surface area contributed by atoms with Gasteiger partial charge < -0.3 is 14.2 Å². The van der Waals surface area contributed by atoms with Crippen LogP contribution in [0.2, 0.25) is 5.02 Å². The highest BCUT2D eigenvalue weighted by Crippen LogP contribution is 2.23. The molecule has 0 unspecified atom stereocenters. The number of nitrogens with one attached hydrogen (secondary N) is 1. The molecule has 4 nitrogen and oxygen atoms in total. The molecule has 4 rings (SSSR count). The van der Waals surface area contributed by atoms with Gasteiger partial charge in [-0.15, -0.1) is 0 Å². The monoisotopic (exact) mass is 383 g/mol. The summed E-state index contributed by atoms with van der Waals surface area (Å²) in [6.45, 7) is 8.91. The highest BCUT2D eigenvalue weighted by Gasteiger charge is 2.22. The second kappa shape index (κ2) is 7.37. The maximum absolute atomic E-state index is 12.1. The Morgan fingerprint density at radius 1 is 1.11 bits per heavy atom. The molecular formula is C22H24ClN2O2+. The van der Waals surface area contributed by atoms with E-state index in [1.54, 1.807) is 6.07 Å². The Morgan fingerprint density at radius 2 is 1.89 bits per heavy atom. The fourth-order valence-electron chi connectivity index (χ4n) is 3.87. The number of piperazine rings is 1. The first-order chi connectivity index (χ1) is 13.0. The van der Waals surface area contributed by atoms with Crippen LogP contribution in [-0.4, -0.2) is 26.2 Å². The number of nitrogens with zero attached hydrogens (tertiary/aromatic N) is 1. The van der Waals surface area contributed by atoms with Gasteiger partial charge in [0.25, 0.3) is 0 Å². The molecule has 2 heterocycles. The minimum Gasteiger partial charge on any atom is -0.422 e. The zero-order chi connectivity index (χ0) is 19.0. The number of benzene rings is 2. The molecule has 1 fully saturated rings. The zero-order valence-electron chi connectivity index (χ0n) is 15.7. The average Bonchev–Trinajstić information content (AvgIpc) is 2.66. The smallest absolute Gasteiger partial charge is 0.336 e. The van der Waals surface area contributed by atoms with Crippen molar-refractivity contribution in [3.8, 4) is 0 Å². The van der Waals surface area contributed by atoms with E-state index in [0.29, 0.717) is 0 Å². The molecule has 5 heteroatoms. The third-order valence-electron chi connectivity index (χ3n) is 5.60. The van der Waals surface area contributed by atoms with Crippen LogP contribution in [-0.2, 0) is 6.54 Å². The lowest BCUT2D eigenvalue weighted by atomic mass is 10.0. The summed E-state index contributed by atoms with van der Waals surface area (Å²) in [6, 6.07) is 13.9. The number of hydrogen-bond acceptors (Lipinski definition) is 3. The molecule has 27 heavy (non-hydrogen) atoms. The van der Waals surface area contributed by atoms with Crippen molar-refractivity contribution in [1.82, 2.24) is 0 Å².